The number of hydrogen-bond acceptors (Lipinski definition) is 6. The molecular formula is C21H22FN5OS. The Kier molecular flexibility index (Phi) is 4.46. The highest BCUT2D eigenvalue weighted by molar-refractivity contribution is 7.81. The lowest BCUT2D eigenvalue weighted by Crippen LogP contribution is -2.45. The van der Waals surface area contributed by atoms with Crippen molar-refractivity contribution in [2.24, 2.45) is 23.5 Å². The number of aromatic nitrogens is 2. The van der Waals surface area contributed by atoms with Crippen LogP contribution in [-0.2, 0) is 4.79 Å². The molecule has 0 saturated heterocycles. The predicted molar refractivity (Wildman–Crippen MR) is 113 cm³/mol. The van der Waals surface area contributed by atoms with Gasteiger partial charge in [-0.15, -0.1) is 0 Å². The van der Waals surface area contributed by atoms with Crippen LogP contribution in [0.5, 0.6) is 0 Å². The van der Waals surface area contributed by atoms with Crippen LogP contribution in [0.2, 0.25) is 0 Å². The van der Waals surface area contributed by atoms with Gasteiger partial charge in [0.15, 0.2) is 11.6 Å². The van der Waals surface area contributed by atoms with E-state index >= 15 is 0 Å². The molecule has 5 rings (SSSR count). The van der Waals surface area contributed by atoms with E-state index in [-0.39, 0.29) is 46.7 Å². The Bertz CT molecular complexity index is 1010. The number of allylic oxidation sites excluding steroid dienone is 2. The molecular weight excluding hydrogens is 389 g/mol. The largest absolute Gasteiger partial charge is 0.369 e. The SMILES string of the molecule is NC(=O)[C@H]1C2C[C@@H]([C@H]1Nc1nc(Nc3cccc(C4=CC4)c3)ncc1F)[C@H](S)C2. The Labute approximate surface area is 173 Å². The zero-order valence-electron chi connectivity index (χ0n) is 15.7. The summed E-state index contributed by atoms with van der Waals surface area (Å²) >= 11 is 4.64. The van der Waals surface area contributed by atoms with Crippen molar-refractivity contribution in [2.75, 3.05) is 10.6 Å². The van der Waals surface area contributed by atoms with E-state index in [0.29, 0.717) is 0 Å². The lowest BCUT2D eigenvalue weighted by molar-refractivity contribution is -0.123. The van der Waals surface area contributed by atoms with Crippen LogP contribution in [0.1, 0.15) is 24.8 Å². The Balaban J connectivity index is 1.38. The first-order valence-electron chi connectivity index (χ1n) is 9.82. The van der Waals surface area contributed by atoms with Crippen LogP contribution in [0.4, 0.5) is 21.8 Å². The Hall–Kier alpha value is -2.61. The van der Waals surface area contributed by atoms with Crippen molar-refractivity contribution in [3.05, 3.63) is 47.9 Å². The summed E-state index contributed by atoms with van der Waals surface area (Å²) < 4.78 is 14.4. The van der Waals surface area contributed by atoms with Crippen LogP contribution in [0.15, 0.2) is 36.5 Å². The lowest BCUT2D eigenvalue weighted by Gasteiger charge is -2.33. The van der Waals surface area contributed by atoms with Crippen molar-refractivity contribution in [3.8, 4) is 0 Å². The maximum atomic E-state index is 14.4. The zero-order valence-corrected chi connectivity index (χ0v) is 16.6. The van der Waals surface area contributed by atoms with Crippen molar-refractivity contribution in [1.82, 2.24) is 9.97 Å². The number of rotatable bonds is 6. The molecule has 1 aromatic heterocycles. The molecule has 2 bridgehead atoms. The van der Waals surface area contributed by atoms with E-state index in [1.54, 1.807) is 0 Å². The molecule has 0 radical (unpaired) electrons. The first-order valence-corrected chi connectivity index (χ1v) is 10.3. The van der Waals surface area contributed by atoms with Gasteiger partial charge in [-0.05, 0) is 54.4 Å². The average molecular weight is 412 g/mol. The summed E-state index contributed by atoms with van der Waals surface area (Å²) in [4.78, 5) is 20.4. The quantitative estimate of drug-likeness (QED) is 0.547. The second-order valence-corrected chi connectivity index (χ2v) is 8.75. The molecule has 0 spiro atoms. The molecule has 1 amide bonds. The number of anilines is 3. The van der Waals surface area contributed by atoms with Crippen LogP contribution in [0.25, 0.3) is 5.57 Å². The van der Waals surface area contributed by atoms with Crippen molar-refractivity contribution in [3.63, 3.8) is 0 Å². The number of nitrogens with two attached hydrogens (primary N) is 1. The molecule has 8 heteroatoms. The third-order valence-corrected chi connectivity index (χ3v) is 6.84. The monoisotopic (exact) mass is 411 g/mol. The van der Waals surface area contributed by atoms with Gasteiger partial charge in [0.1, 0.15) is 0 Å². The van der Waals surface area contributed by atoms with E-state index in [9.17, 15) is 9.18 Å². The van der Waals surface area contributed by atoms with Gasteiger partial charge in [-0.3, -0.25) is 4.79 Å². The Morgan fingerprint density at radius 1 is 1.31 bits per heavy atom. The van der Waals surface area contributed by atoms with Gasteiger partial charge < -0.3 is 16.4 Å². The molecule has 3 aliphatic carbocycles. The van der Waals surface area contributed by atoms with Crippen LogP contribution in [0.3, 0.4) is 0 Å². The molecule has 2 saturated carbocycles. The number of nitrogens with one attached hydrogen (secondary N) is 2. The maximum absolute atomic E-state index is 14.4. The highest BCUT2D eigenvalue weighted by Gasteiger charge is 2.54. The number of benzene rings is 1. The predicted octanol–water partition coefficient (Wildman–Crippen LogP) is 3.37. The fourth-order valence-corrected chi connectivity index (χ4v) is 5.41. The van der Waals surface area contributed by atoms with Gasteiger partial charge >= 0.3 is 0 Å². The molecule has 4 N–H and O–H groups in total. The number of carbonyl (C=O) groups is 1. The van der Waals surface area contributed by atoms with Gasteiger partial charge in [0.05, 0.1) is 12.1 Å². The topological polar surface area (TPSA) is 92.9 Å². The fourth-order valence-electron chi connectivity index (χ4n) is 4.83. The first kappa shape index (κ1) is 18.4. The van der Waals surface area contributed by atoms with Gasteiger partial charge in [-0.1, -0.05) is 18.2 Å². The normalized spacial score (nSPS) is 29.4. The van der Waals surface area contributed by atoms with Crippen LogP contribution >= 0.6 is 12.6 Å². The Morgan fingerprint density at radius 2 is 2.14 bits per heavy atom. The van der Waals surface area contributed by atoms with E-state index in [0.717, 1.165) is 36.7 Å². The molecule has 1 heterocycles. The summed E-state index contributed by atoms with van der Waals surface area (Å²) in [5.41, 5.74) is 8.94. The Morgan fingerprint density at radius 3 is 2.90 bits per heavy atom. The van der Waals surface area contributed by atoms with Crippen molar-refractivity contribution in [1.29, 1.82) is 0 Å². The minimum Gasteiger partial charge on any atom is -0.369 e. The average Bonchev–Trinajstić information content (AvgIpc) is 3.39. The summed E-state index contributed by atoms with van der Waals surface area (Å²) in [7, 11) is 0. The third kappa shape index (κ3) is 3.46. The highest BCUT2D eigenvalue weighted by Crippen LogP contribution is 2.51. The summed E-state index contributed by atoms with van der Waals surface area (Å²) in [6.07, 6.45) is 6.05. The van der Waals surface area contributed by atoms with E-state index in [1.807, 2.05) is 18.2 Å². The molecule has 3 aliphatic rings. The van der Waals surface area contributed by atoms with E-state index in [4.69, 9.17) is 5.73 Å². The van der Waals surface area contributed by atoms with Crippen LogP contribution in [-0.4, -0.2) is 27.2 Å². The number of carbonyl (C=O) groups excluding carboxylic acids is 1. The first-order chi connectivity index (χ1) is 14.0. The number of primary amides is 1. The minimum absolute atomic E-state index is 0.0767. The second-order valence-electron chi connectivity index (χ2n) is 8.09. The smallest absolute Gasteiger partial charge is 0.229 e. The molecule has 0 aliphatic heterocycles. The number of halogens is 1. The number of hydrogen-bond donors (Lipinski definition) is 4. The number of amides is 1. The van der Waals surface area contributed by atoms with E-state index in [1.165, 1.54) is 5.57 Å². The zero-order chi connectivity index (χ0) is 20.1. The molecule has 2 fully saturated rings. The van der Waals surface area contributed by atoms with E-state index in [2.05, 4.69) is 45.4 Å². The van der Waals surface area contributed by atoms with Gasteiger partial charge in [0, 0.05) is 17.0 Å². The molecule has 29 heavy (non-hydrogen) atoms. The van der Waals surface area contributed by atoms with Gasteiger partial charge in [-0.2, -0.15) is 17.6 Å². The van der Waals surface area contributed by atoms with Gasteiger partial charge in [0.25, 0.3) is 0 Å². The van der Waals surface area contributed by atoms with Crippen molar-refractivity contribution < 1.29 is 9.18 Å². The fraction of sp³-hybridized carbons (Fsp3) is 0.381. The number of nitrogens with zero attached hydrogens (tertiary/aromatic N) is 2. The molecule has 1 unspecified atom stereocenters. The van der Waals surface area contributed by atoms with Crippen LogP contribution < -0.4 is 16.4 Å². The molecule has 2 aromatic rings. The van der Waals surface area contributed by atoms with Crippen LogP contribution in [0, 0.1) is 23.6 Å². The van der Waals surface area contributed by atoms with Gasteiger partial charge in [0.2, 0.25) is 11.9 Å². The number of fused-ring (bicyclic) bond motifs is 2. The standard InChI is InChI=1S/C21H22FN5OS/c22-15-9-24-21(25-13-3-1-2-11(6-13)10-4-5-10)27-20(15)26-18-14-7-12(8-16(14)29)17(18)19(23)28/h1-4,6,9,12,14,16-18,29H,5,7-8H2,(H2,23,28)(H2,24,25,26,27)/t12?,14-,16-,17+,18-/m1/s1. The summed E-state index contributed by atoms with van der Waals surface area (Å²) in [6.45, 7) is 0. The maximum Gasteiger partial charge on any atom is 0.229 e. The second kappa shape index (κ2) is 7.02. The van der Waals surface area contributed by atoms with E-state index < -0.39 is 5.82 Å². The van der Waals surface area contributed by atoms with Crippen molar-refractivity contribution in [2.45, 2.75) is 30.6 Å². The lowest BCUT2D eigenvalue weighted by atomic mass is 9.83. The third-order valence-electron chi connectivity index (χ3n) is 6.24. The molecule has 1 aromatic carbocycles. The molecule has 150 valence electrons. The van der Waals surface area contributed by atoms with Crippen molar-refractivity contribution >= 4 is 41.6 Å². The summed E-state index contributed by atoms with van der Waals surface area (Å²) in [6, 6.07) is 7.67. The summed E-state index contributed by atoms with van der Waals surface area (Å²) in [5, 5.41) is 6.45. The minimum atomic E-state index is -0.561. The highest BCUT2D eigenvalue weighted by atomic mass is 32.1. The van der Waals surface area contributed by atoms with Gasteiger partial charge in [-0.25, -0.2) is 9.37 Å². The number of thiol groups is 1. The summed E-state index contributed by atoms with van der Waals surface area (Å²) in [5.74, 6) is -0.527. The molecule has 5 atom stereocenters. The molecule has 6 nitrogen and oxygen atoms in total.